The first-order chi connectivity index (χ1) is 9.11. The smallest absolute Gasteiger partial charge is 0.105 e. The van der Waals surface area contributed by atoms with Gasteiger partial charge in [-0.3, -0.25) is 4.90 Å². The Morgan fingerprint density at radius 2 is 2.26 bits per heavy atom. The van der Waals surface area contributed by atoms with Crippen LogP contribution in [0.5, 0.6) is 0 Å². The number of hydrogen-bond acceptors (Lipinski definition) is 3. The van der Waals surface area contributed by atoms with Crippen molar-refractivity contribution in [3.63, 3.8) is 0 Å². The Balaban J connectivity index is 2.01. The Kier molecular flexibility index (Phi) is 5.06. The predicted molar refractivity (Wildman–Crippen MR) is 79.4 cm³/mol. The van der Waals surface area contributed by atoms with Gasteiger partial charge in [0.2, 0.25) is 0 Å². The molecule has 0 amide bonds. The second-order valence-corrected chi connectivity index (χ2v) is 5.84. The quantitative estimate of drug-likeness (QED) is 0.884. The van der Waals surface area contributed by atoms with Crippen LogP contribution in [0.3, 0.4) is 0 Å². The largest absolute Gasteiger partial charge is 0.466 e. The monoisotopic (exact) mass is 264 g/mol. The van der Waals surface area contributed by atoms with Gasteiger partial charge in [0.1, 0.15) is 11.5 Å². The van der Waals surface area contributed by atoms with E-state index in [2.05, 4.69) is 37.1 Å². The van der Waals surface area contributed by atoms with Crippen LogP contribution in [0.2, 0.25) is 0 Å². The van der Waals surface area contributed by atoms with E-state index >= 15 is 0 Å². The van der Waals surface area contributed by atoms with Crippen LogP contribution in [0.15, 0.2) is 10.5 Å². The first kappa shape index (κ1) is 14.6. The molecule has 0 saturated carbocycles. The third-order valence-corrected chi connectivity index (χ3v) is 4.38. The standard InChI is InChI=1S/C16H28N2O/c1-5-18(11-15-7-6-8-17-10-15)13(3)16-9-12(2)19-14(16)4/h9,13,15,17H,5-8,10-11H2,1-4H3. The van der Waals surface area contributed by atoms with E-state index in [-0.39, 0.29) is 0 Å². The van der Waals surface area contributed by atoms with Gasteiger partial charge in [-0.1, -0.05) is 6.92 Å². The molecule has 1 N–H and O–H groups in total. The fourth-order valence-corrected chi connectivity index (χ4v) is 3.23. The molecule has 2 rings (SSSR count). The Hall–Kier alpha value is -0.800. The lowest BCUT2D eigenvalue weighted by Crippen LogP contribution is -2.39. The lowest BCUT2D eigenvalue weighted by Gasteiger charge is -2.33. The predicted octanol–water partition coefficient (Wildman–Crippen LogP) is 3.28. The summed E-state index contributed by atoms with van der Waals surface area (Å²) in [5, 5.41) is 3.51. The minimum atomic E-state index is 0.448. The van der Waals surface area contributed by atoms with Gasteiger partial charge in [0.05, 0.1) is 0 Å². The Morgan fingerprint density at radius 1 is 1.47 bits per heavy atom. The molecule has 0 spiro atoms. The molecule has 0 aromatic carbocycles. The average Bonchev–Trinajstić information content (AvgIpc) is 2.75. The fourth-order valence-electron chi connectivity index (χ4n) is 3.23. The normalized spacial score (nSPS) is 21.8. The number of hydrogen-bond donors (Lipinski definition) is 1. The zero-order valence-electron chi connectivity index (χ0n) is 12.8. The van der Waals surface area contributed by atoms with Crippen molar-refractivity contribution < 1.29 is 4.42 Å². The summed E-state index contributed by atoms with van der Waals surface area (Å²) in [6.07, 6.45) is 2.68. The van der Waals surface area contributed by atoms with E-state index in [9.17, 15) is 0 Å². The molecule has 2 unspecified atom stereocenters. The molecular formula is C16H28N2O. The maximum atomic E-state index is 5.68. The van der Waals surface area contributed by atoms with E-state index in [0.717, 1.165) is 24.0 Å². The zero-order valence-corrected chi connectivity index (χ0v) is 12.8. The van der Waals surface area contributed by atoms with Crippen molar-refractivity contribution >= 4 is 0 Å². The van der Waals surface area contributed by atoms with Crippen molar-refractivity contribution in [3.05, 3.63) is 23.2 Å². The van der Waals surface area contributed by atoms with Crippen LogP contribution in [-0.4, -0.2) is 31.1 Å². The summed E-state index contributed by atoms with van der Waals surface area (Å²) in [6, 6.07) is 2.64. The van der Waals surface area contributed by atoms with Crippen LogP contribution in [0, 0.1) is 19.8 Å². The molecule has 3 heteroatoms. The summed E-state index contributed by atoms with van der Waals surface area (Å²) in [5.74, 6) is 2.89. The Labute approximate surface area is 117 Å². The van der Waals surface area contributed by atoms with Crippen LogP contribution in [0.4, 0.5) is 0 Å². The number of nitrogens with one attached hydrogen (secondary N) is 1. The fraction of sp³-hybridized carbons (Fsp3) is 0.750. The summed E-state index contributed by atoms with van der Waals surface area (Å²) < 4.78 is 5.68. The highest BCUT2D eigenvalue weighted by atomic mass is 16.3. The highest BCUT2D eigenvalue weighted by Gasteiger charge is 2.22. The third kappa shape index (κ3) is 3.61. The lowest BCUT2D eigenvalue weighted by molar-refractivity contribution is 0.170. The van der Waals surface area contributed by atoms with Crippen LogP contribution in [-0.2, 0) is 0 Å². The van der Waals surface area contributed by atoms with Crippen LogP contribution in [0.25, 0.3) is 0 Å². The second kappa shape index (κ2) is 6.58. The minimum Gasteiger partial charge on any atom is -0.466 e. The van der Waals surface area contributed by atoms with Gasteiger partial charge in [-0.05, 0) is 65.2 Å². The van der Waals surface area contributed by atoms with E-state index in [0.29, 0.717) is 6.04 Å². The summed E-state index contributed by atoms with van der Waals surface area (Å²) in [4.78, 5) is 2.58. The number of nitrogens with zero attached hydrogens (tertiary/aromatic N) is 1. The molecule has 19 heavy (non-hydrogen) atoms. The van der Waals surface area contributed by atoms with E-state index in [1.54, 1.807) is 0 Å². The maximum Gasteiger partial charge on any atom is 0.105 e. The molecule has 108 valence electrons. The maximum absolute atomic E-state index is 5.68. The topological polar surface area (TPSA) is 28.4 Å². The molecule has 1 saturated heterocycles. The number of furan rings is 1. The molecule has 0 aliphatic carbocycles. The van der Waals surface area contributed by atoms with Crippen molar-refractivity contribution in [2.75, 3.05) is 26.2 Å². The minimum absolute atomic E-state index is 0.448. The first-order valence-electron chi connectivity index (χ1n) is 7.63. The molecular weight excluding hydrogens is 236 g/mol. The highest BCUT2D eigenvalue weighted by molar-refractivity contribution is 5.23. The van der Waals surface area contributed by atoms with E-state index in [4.69, 9.17) is 4.42 Å². The van der Waals surface area contributed by atoms with Crippen LogP contribution < -0.4 is 5.32 Å². The van der Waals surface area contributed by atoms with Gasteiger partial charge < -0.3 is 9.73 Å². The van der Waals surface area contributed by atoms with Gasteiger partial charge in [0.15, 0.2) is 0 Å². The molecule has 3 nitrogen and oxygen atoms in total. The summed E-state index contributed by atoms with van der Waals surface area (Å²) in [5.41, 5.74) is 1.35. The number of aryl methyl sites for hydroxylation is 2. The van der Waals surface area contributed by atoms with Gasteiger partial charge in [-0.2, -0.15) is 0 Å². The first-order valence-corrected chi connectivity index (χ1v) is 7.63. The highest BCUT2D eigenvalue weighted by Crippen LogP contribution is 2.27. The number of rotatable bonds is 5. The summed E-state index contributed by atoms with van der Waals surface area (Å²) in [7, 11) is 0. The Morgan fingerprint density at radius 3 is 2.79 bits per heavy atom. The van der Waals surface area contributed by atoms with Gasteiger partial charge in [0, 0.05) is 18.2 Å². The second-order valence-electron chi connectivity index (χ2n) is 5.84. The van der Waals surface area contributed by atoms with Gasteiger partial charge in [0.25, 0.3) is 0 Å². The van der Waals surface area contributed by atoms with Gasteiger partial charge in [-0.25, -0.2) is 0 Å². The molecule has 0 radical (unpaired) electrons. The van der Waals surface area contributed by atoms with Crippen molar-refractivity contribution in [3.8, 4) is 0 Å². The third-order valence-electron chi connectivity index (χ3n) is 4.38. The lowest BCUT2D eigenvalue weighted by atomic mass is 9.97. The molecule has 0 bridgehead atoms. The molecule has 2 heterocycles. The van der Waals surface area contributed by atoms with Gasteiger partial charge >= 0.3 is 0 Å². The molecule has 2 atom stereocenters. The molecule has 1 aliphatic heterocycles. The molecule has 1 aromatic heterocycles. The van der Waals surface area contributed by atoms with Crippen LogP contribution >= 0.6 is 0 Å². The van der Waals surface area contributed by atoms with Crippen LogP contribution in [0.1, 0.15) is 49.8 Å². The molecule has 1 aromatic rings. The van der Waals surface area contributed by atoms with Crippen molar-refractivity contribution in [1.29, 1.82) is 0 Å². The molecule has 1 fully saturated rings. The zero-order chi connectivity index (χ0) is 13.8. The average molecular weight is 264 g/mol. The Bertz CT molecular complexity index is 393. The van der Waals surface area contributed by atoms with E-state index < -0.39 is 0 Å². The summed E-state index contributed by atoms with van der Waals surface area (Å²) in [6.45, 7) is 13.3. The van der Waals surface area contributed by atoms with Crippen molar-refractivity contribution in [1.82, 2.24) is 10.2 Å². The van der Waals surface area contributed by atoms with E-state index in [1.165, 1.54) is 38.0 Å². The molecule has 1 aliphatic rings. The number of piperidine rings is 1. The van der Waals surface area contributed by atoms with E-state index in [1.807, 2.05) is 6.92 Å². The van der Waals surface area contributed by atoms with Gasteiger partial charge in [-0.15, -0.1) is 0 Å². The van der Waals surface area contributed by atoms with Crippen molar-refractivity contribution in [2.24, 2.45) is 5.92 Å². The van der Waals surface area contributed by atoms with Crippen molar-refractivity contribution in [2.45, 2.75) is 46.6 Å². The summed E-state index contributed by atoms with van der Waals surface area (Å²) >= 11 is 0. The SMILES string of the molecule is CCN(CC1CCCNC1)C(C)c1cc(C)oc1C.